The topological polar surface area (TPSA) is 38.5 Å². The molecule has 3 heteroatoms. The molecule has 1 rings (SSSR count). The maximum Gasteiger partial charge on any atom is 0.0679 e. The van der Waals surface area contributed by atoms with Crippen LogP contribution in [0.25, 0.3) is 0 Å². The SMILES string of the molecule is CCN1CCCC(CCCON)C1. The minimum Gasteiger partial charge on any atom is -0.305 e. The lowest BCUT2D eigenvalue weighted by atomic mass is 9.93. The fourth-order valence-corrected chi connectivity index (χ4v) is 2.13. The first-order valence-electron chi connectivity index (χ1n) is 5.40. The first-order valence-corrected chi connectivity index (χ1v) is 5.40. The zero-order valence-electron chi connectivity index (χ0n) is 8.67. The number of nitrogens with two attached hydrogens (primary N) is 1. The van der Waals surface area contributed by atoms with Gasteiger partial charge in [0.25, 0.3) is 0 Å². The summed E-state index contributed by atoms with van der Waals surface area (Å²) in [5.74, 6) is 5.87. The van der Waals surface area contributed by atoms with Gasteiger partial charge in [0.2, 0.25) is 0 Å². The molecule has 3 nitrogen and oxygen atoms in total. The van der Waals surface area contributed by atoms with E-state index in [0.717, 1.165) is 12.3 Å². The van der Waals surface area contributed by atoms with Crippen LogP contribution in [-0.4, -0.2) is 31.1 Å². The van der Waals surface area contributed by atoms with Crippen LogP contribution in [0.1, 0.15) is 32.6 Å². The molecule has 1 aliphatic heterocycles. The van der Waals surface area contributed by atoms with Gasteiger partial charge in [0.15, 0.2) is 0 Å². The summed E-state index contributed by atoms with van der Waals surface area (Å²) in [6, 6.07) is 0. The van der Waals surface area contributed by atoms with E-state index in [9.17, 15) is 0 Å². The van der Waals surface area contributed by atoms with Crippen molar-refractivity contribution in [1.29, 1.82) is 0 Å². The molecule has 1 heterocycles. The van der Waals surface area contributed by atoms with Crippen LogP contribution in [-0.2, 0) is 4.84 Å². The Morgan fingerprint density at radius 3 is 3.08 bits per heavy atom. The fraction of sp³-hybridized carbons (Fsp3) is 1.00. The van der Waals surface area contributed by atoms with Crippen LogP contribution in [0.2, 0.25) is 0 Å². The summed E-state index contributed by atoms with van der Waals surface area (Å²) >= 11 is 0. The normalized spacial score (nSPS) is 24.9. The van der Waals surface area contributed by atoms with Crippen molar-refractivity contribution >= 4 is 0 Å². The molecule has 0 aromatic carbocycles. The molecule has 1 fully saturated rings. The molecule has 0 aliphatic carbocycles. The smallest absolute Gasteiger partial charge is 0.0679 e. The van der Waals surface area contributed by atoms with Gasteiger partial charge in [0.05, 0.1) is 6.61 Å². The average Bonchev–Trinajstić information content (AvgIpc) is 2.19. The van der Waals surface area contributed by atoms with Crippen LogP contribution in [0.4, 0.5) is 0 Å². The van der Waals surface area contributed by atoms with Crippen molar-refractivity contribution in [3.8, 4) is 0 Å². The summed E-state index contributed by atoms with van der Waals surface area (Å²) in [6.45, 7) is 6.72. The van der Waals surface area contributed by atoms with Gasteiger partial charge in [-0.1, -0.05) is 6.92 Å². The standard InChI is InChI=1S/C10H22N2O/c1-2-12-7-3-5-10(9-12)6-4-8-13-11/h10H,2-9,11H2,1H3. The minimum atomic E-state index is 0.711. The molecule has 0 radical (unpaired) electrons. The lowest BCUT2D eigenvalue weighted by Crippen LogP contribution is -2.35. The Morgan fingerprint density at radius 1 is 1.54 bits per heavy atom. The zero-order valence-corrected chi connectivity index (χ0v) is 8.67. The number of nitrogens with zero attached hydrogens (tertiary/aromatic N) is 1. The number of piperidine rings is 1. The van der Waals surface area contributed by atoms with Gasteiger partial charge in [-0.3, -0.25) is 0 Å². The molecule has 0 saturated carbocycles. The van der Waals surface area contributed by atoms with Crippen molar-refractivity contribution in [2.75, 3.05) is 26.2 Å². The second-order valence-electron chi connectivity index (χ2n) is 3.91. The van der Waals surface area contributed by atoms with E-state index in [1.54, 1.807) is 0 Å². The van der Waals surface area contributed by atoms with Crippen LogP contribution in [0.15, 0.2) is 0 Å². The third-order valence-corrected chi connectivity index (χ3v) is 2.92. The molecule has 1 saturated heterocycles. The average molecular weight is 186 g/mol. The van der Waals surface area contributed by atoms with Gasteiger partial charge < -0.3 is 9.74 Å². The highest BCUT2D eigenvalue weighted by Gasteiger charge is 2.17. The summed E-state index contributed by atoms with van der Waals surface area (Å²) in [5, 5.41) is 0. The van der Waals surface area contributed by atoms with Gasteiger partial charge in [-0.05, 0) is 44.7 Å². The Hall–Kier alpha value is -0.120. The van der Waals surface area contributed by atoms with Crippen LogP contribution in [0, 0.1) is 5.92 Å². The van der Waals surface area contributed by atoms with E-state index in [0.29, 0.717) is 6.61 Å². The van der Waals surface area contributed by atoms with E-state index < -0.39 is 0 Å². The highest BCUT2D eigenvalue weighted by atomic mass is 16.6. The molecule has 0 spiro atoms. The highest BCUT2D eigenvalue weighted by Crippen LogP contribution is 2.20. The molecule has 0 aromatic heterocycles. The monoisotopic (exact) mass is 186 g/mol. The quantitative estimate of drug-likeness (QED) is 0.521. The van der Waals surface area contributed by atoms with E-state index >= 15 is 0 Å². The van der Waals surface area contributed by atoms with Gasteiger partial charge in [-0.15, -0.1) is 0 Å². The Balaban J connectivity index is 2.11. The molecule has 0 aromatic rings. The lowest BCUT2D eigenvalue weighted by molar-refractivity contribution is 0.118. The molecule has 0 amide bonds. The van der Waals surface area contributed by atoms with Gasteiger partial charge >= 0.3 is 0 Å². The lowest BCUT2D eigenvalue weighted by Gasteiger charge is -2.31. The second-order valence-corrected chi connectivity index (χ2v) is 3.91. The van der Waals surface area contributed by atoms with Gasteiger partial charge in [0, 0.05) is 6.54 Å². The number of rotatable bonds is 5. The number of likely N-dealkylation sites (tertiary alicyclic amines) is 1. The van der Waals surface area contributed by atoms with Crippen molar-refractivity contribution in [2.45, 2.75) is 32.6 Å². The highest BCUT2D eigenvalue weighted by molar-refractivity contribution is 4.71. The largest absolute Gasteiger partial charge is 0.305 e. The summed E-state index contributed by atoms with van der Waals surface area (Å²) in [5.41, 5.74) is 0. The molecule has 2 N–H and O–H groups in total. The summed E-state index contributed by atoms with van der Waals surface area (Å²) in [4.78, 5) is 7.11. The van der Waals surface area contributed by atoms with E-state index in [-0.39, 0.29) is 0 Å². The van der Waals surface area contributed by atoms with Gasteiger partial charge in [-0.25, -0.2) is 5.90 Å². The van der Waals surface area contributed by atoms with E-state index in [4.69, 9.17) is 5.90 Å². The zero-order chi connectivity index (χ0) is 9.52. The van der Waals surface area contributed by atoms with Gasteiger partial charge in [-0.2, -0.15) is 0 Å². The third kappa shape index (κ3) is 4.07. The van der Waals surface area contributed by atoms with Crippen LogP contribution in [0.5, 0.6) is 0 Å². The van der Waals surface area contributed by atoms with E-state index in [1.165, 1.54) is 38.9 Å². The summed E-state index contributed by atoms with van der Waals surface area (Å²) in [6.07, 6.45) is 5.13. The van der Waals surface area contributed by atoms with Crippen molar-refractivity contribution in [3.05, 3.63) is 0 Å². The predicted molar refractivity (Wildman–Crippen MR) is 54.2 cm³/mol. The minimum absolute atomic E-state index is 0.711. The molecule has 1 unspecified atom stereocenters. The first kappa shape index (κ1) is 11.0. The molecule has 0 bridgehead atoms. The molecule has 1 aliphatic rings. The fourth-order valence-electron chi connectivity index (χ4n) is 2.13. The Bertz CT molecular complexity index is 130. The number of hydrogen-bond donors (Lipinski definition) is 1. The maximum absolute atomic E-state index is 4.99. The summed E-state index contributed by atoms with van der Waals surface area (Å²) in [7, 11) is 0. The van der Waals surface area contributed by atoms with Crippen LogP contribution < -0.4 is 5.90 Å². The second kappa shape index (κ2) is 6.35. The van der Waals surface area contributed by atoms with Crippen molar-refractivity contribution < 1.29 is 4.84 Å². The molecule has 1 atom stereocenters. The van der Waals surface area contributed by atoms with Gasteiger partial charge in [0.1, 0.15) is 0 Å². The molecule has 78 valence electrons. The van der Waals surface area contributed by atoms with Crippen molar-refractivity contribution in [1.82, 2.24) is 4.90 Å². The molecular formula is C10H22N2O. The Kier molecular flexibility index (Phi) is 5.35. The van der Waals surface area contributed by atoms with Crippen LogP contribution in [0.3, 0.4) is 0 Å². The first-order chi connectivity index (χ1) is 6.36. The van der Waals surface area contributed by atoms with Crippen molar-refractivity contribution in [3.63, 3.8) is 0 Å². The van der Waals surface area contributed by atoms with E-state index in [1.807, 2.05) is 0 Å². The molecular weight excluding hydrogens is 164 g/mol. The maximum atomic E-state index is 4.99. The van der Waals surface area contributed by atoms with Crippen molar-refractivity contribution in [2.24, 2.45) is 11.8 Å². The predicted octanol–water partition coefficient (Wildman–Crippen LogP) is 1.39. The Morgan fingerprint density at radius 2 is 2.38 bits per heavy atom. The van der Waals surface area contributed by atoms with Crippen LogP contribution >= 0.6 is 0 Å². The molecule has 13 heavy (non-hydrogen) atoms. The van der Waals surface area contributed by atoms with E-state index in [2.05, 4.69) is 16.7 Å². The Labute approximate surface area is 81.2 Å². The third-order valence-electron chi connectivity index (χ3n) is 2.92. The number of hydrogen-bond acceptors (Lipinski definition) is 3. The summed E-state index contributed by atoms with van der Waals surface area (Å²) < 4.78 is 0.